The Hall–Kier alpha value is -3.97. The summed E-state index contributed by atoms with van der Waals surface area (Å²) >= 11 is 0. The third kappa shape index (κ3) is 5.10. The second-order valence-electron chi connectivity index (χ2n) is 7.48. The molecular formula is C26H23N3O3S. The van der Waals surface area contributed by atoms with Crippen LogP contribution in [0.1, 0.15) is 21.5 Å². The van der Waals surface area contributed by atoms with Crippen LogP contribution in [0.25, 0.3) is 0 Å². The number of hydrogen-bond acceptors (Lipinski definition) is 4. The fourth-order valence-electron chi connectivity index (χ4n) is 3.38. The summed E-state index contributed by atoms with van der Waals surface area (Å²) in [6.45, 7) is 2.00. The van der Waals surface area contributed by atoms with E-state index in [0.29, 0.717) is 11.5 Å². The van der Waals surface area contributed by atoms with Gasteiger partial charge in [0.25, 0.3) is 15.9 Å². The van der Waals surface area contributed by atoms with Crippen LogP contribution in [0.4, 0.5) is 11.5 Å². The Kier molecular flexibility index (Phi) is 6.51. The third-order valence-corrected chi connectivity index (χ3v) is 6.91. The van der Waals surface area contributed by atoms with Crippen LogP contribution in [0.3, 0.4) is 0 Å². The summed E-state index contributed by atoms with van der Waals surface area (Å²) in [5, 5.41) is 2.75. The van der Waals surface area contributed by atoms with Gasteiger partial charge in [-0.3, -0.25) is 9.10 Å². The summed E-state index contributed by atoms with van der Waals surface area (Å²) in [5.41, 5.74) is 2.44. The van der Waals surface area contributed by atoms with Crippen molar-refractivity contribution in [2.45, 2.75) is 18.4 Å². The van der Waals surface area contributed by atoms with Gasteiger partial charge in [-0.1, -0.05) is 60.7 Å². The van der Waals surface area contributed by atoms with E-state index in [0.717, 1.165) is 11.1 Å². The highest BCUT2D eigenvalue weighted by Crippen LogP contribution is 2.26. The smallest absolute Gasteiger partial charge is 0.264 e. The van der Waals surface area contributed by atoms with Crippen molar-refractivity contribution in [2.24, 2.45) is 0 Å². The van der Waals surface area contributed by atoms with Crippen LogP contribution in [0, 0.1) is 6.92 Å². The SMILES string of the molecule is Cc1cccnc1NC(=O)c1cccc(S(=O)(=O)N(Cc2ccccc2)c2ccccc2)c1. The first kappa shape index (κ1) is 22.2. The molecule has 0 aliphatic carbocycles. The fraction of sp³-hybridized carbons (Fsp3) is 0.0769. The molecule has 166 valence electrons. The van der Waals surface area contributed by atoms with Crippen molar-refractivity contribution >= 4 is 27.4 Å². The molecule has 0 bridgehead atoms. The number of carbonyl (C=O) groups is 1. The number of para-hydroxylation sites is 1. The van der Waals surface area contributed by atoms with Crippen molar-refractivity contribution in [2.75, 3.05) is 9.62 Å². The zero-order valence-electron chi connectivity index (χ0n) is 18.0. The van der Waals surface area contributed by atoms with Crippen molar-refractivity contribution in [3.63, 3.8) is 0 Å². The van der Waals surface area contributed by atoms with Crippen molar-refractivity contribution in [1.29, 1.82) is 0 Å². The molecule has 1 aromatic heterocycles. The molecule has 1 N–H and O–H groups in total. The van der Waals surface area contributed by atoms with Crippen molar-refractivity contribution in [3.05, 3.63) is 120 Å². The number of carbonyl (C=O) groups excluding carboxylic acids is 1. The van der Waals surface area contributed by atoms with Crippen LogP contribution in [0.15, 0.2) is 108 Å². The number of aryl methyl sites for hydroxylation is 1. The molecule has 0 aliphatic rings. The zero-order valence-corrected chi connectivity index (χ0v) is 18.9. The Morgan fingerprint density at radius 2 is 1.58 bits per heavy atom. The molecule has 0 aliphatic heterocycles. The summed E-state index contributed by atoms with van der Waals surface area (Å²) < 4.78 is 28.8. The molecule has 1 amide bonds. The van der Waals surface area contributed by atoms with E-state index < -0.39 is 15.9 Å². The quantitative estimate of drug-likeness (QED) is 0.422. The van der Waals surface area contributed by atoms with Crippen molar-refractivity contribution < 1.29 is 13.2 Å². The molecule has 0 radical (unpaired) electrons. The van der Waals surface area contributed by atoms with Crippen molar-refractivity contribution in [3.8, 4) is 0 Å². The number of sulfonamides is 1. The van der Waals surface area contributed by atoms with Gasteiger partial charge < -0.3 is 5.32 Å². The number of aromatic nitrogens is 1. The van der Waals surface area contributed by atoms with E-state index in [4.69, 9.17) is 0 Å². The van der Waals surface area contributed by atoms with Gasteiger partial charge in [0, 0.05) is 11.8 Å². The predicted octanol–water partition coefficient (Wildman–Crippen LogP) is 5.04. The normalized spacial score (nSPS) is 11.1. The lowest BCUT2D eigenvalue weighted by Gasteiger charge is -2.25. The first-order valence-electron chi connectivity index (χ1n) is 10.4. The maximum atomic E-state index is 13.7. The first-order valence-corrected chi connectivity index (χ1v) is 11.8. The lowest BCUT2D eigenvalue weighted by atomic mass is 10.2. The molecule has 0 saturated heterocycles. The molecule has 0 fully saturated rings. The van der Waals surface area contributed by atoms with Gasteiger partial charge in [0.2, 0.25) is 0 Å². The minimum atomic E-state index is -3.95. The molecule has 0 unspecified atom stereocenters. The minimum Gasteiger partial charge on any atom is -0.306 e. The Morgan fingerprint density at radius 3 is 2.27 bits per heavy atom. The van der Waals surface area contributed by atoms with Crippen LogP contribution in [0.2, 0.25) is 0 Å². The predicted molar refractivity (Wildman–Crippen MR) is 130 cm³/mol. The number of benzene rings is 3. The number of rotatable bonds is 7. The molecule has 0 spiro atoms. The van der Waals surface area contributed by atoms with Gasteiger partial charge in [-0.25, -0.2) is 13.4 Å². The van der Waals surface area contributed by atoms with Crippen LogP contribution >= 0.6 is 0 Å². The molecule has 3 aromatic carbocycles. The van der Waals surface area contributed by atoms with Gasteiger partial charge in [-0.15, -0.1) is 0 Å². The van der Waals surface area contributed by atoms with Crippen LogP contribution in [-0.4, -0.2) is 19.3 Å². The van der Waals surface area contributed by atoms with Gasteiger partial charge in [-0.2, -0.15) is 0 Å². The Balaban J connectivity index is 1.68. The lowest BCUT2D eigenvalue weighted by molar-refractivity contribution is 0.102. The number of nitrogens with zero attached hydrogens (tertiary/aromatic N) is 2. The van der Waals surface area contributed by atoms with E-state index in [1.165, 1.54) is 16.4 Å². The molecule has 0 atom stereocenters. The number of amides is 1. The van der Waals surface area contributed by atoms with E-state index in [1.54, 1.807) is 48.7 Å². The fourth-order valence-corrected chi connectivity index (χ4v) is 4.88. The van der Waals surface area contributed by atoms with E-state index in [-0.39, 0.29) is 17.0 Å². The second kappa shape index (κ2) is 9.67. The van der Waals surface area contributed by atoms with Gasteiger partial charge in [0.05, 0.1) is 17.1 Å². The van der Waals surface area contributed by atoms with Crippen LogP contribution in [-0.2, 0) is 16.6 Å². The van der Waals surface area contributed by atoms with Gasteiger partial charge in [0.15, 0.2) is 0 Å². The highest BCUT2D eigenvalue weighted by molar-refractivity contribution is 7.92. The molecule has 1 heterocycles. The van der Waals surface area contributed by atoms with Gasteiger partial charge >= 0.3 is 0 Å². The minimum absolute atomic E-state index is 0.0349. The average Bonchev–Trinajstić information content (AvgIpc) is 2.85. The number of hydrogen-bond donors (Lipinski definition) is 1. The number of anilines is 2. The molecular weight excluding hydrogens is 434 g/mol. The summed E-state index contributed by atoms with van der Waals surface area (Å²) in [5.74, 6) is 0.00826. The molecule has 4 rings (SSSR count). The standard InChI is InChI=1S/C26H23N3O3S/c1-20-10-9-17-27-25(20)28-26(30)22-13-8-16-24(18-22)33(31,32)29(23-14-6-3-7-15-23)19-21-11-4-2-5-12-21/h2-18H,19H2,1H3,(H,27,28,30). The lowest BCUT2D eigenvalue weighted by Crippen LogP contribution is -2.30. The number of nitrogens with one attached hydrogen (secondary N) is 1. The first-order chi connectivity index (χ1) is 15.9. The summed E-state index contributed by atoms with van der Waals surface area (Å²) in [7, 11) is -3.95. The average molecular weight is 458 g/mol. The molecule has 4 aromatic rings. The van der Waals surface area contributed by atoms with Gasteiger partial charge in [-0.05, 0) is 54.4 Å². The zero-order chi connectivity index (χ0) is 23.3. The summed E-state index contributed by atoms with van der Waals surface area (Å²) in [6.07, 6.45) is 1.59. The largest absolute Gasteiger partial charge is 0.306 e. The number of pyridine rings is 1. The van der Waals surface area contributed by atoms with E-state index in [2.05, 4.69) is 10.3 Å². The maximum absolute atomic E-state index is 13.7. The van der Waals surface area contributed by atoms with Crippen LogP contribution < -0.4 is 9.62 Å². The second-order valence-corrected chi connectivity index (χ2v) is 9.35. The van der Waals surface area contributed by atoms with Crippen LogP contribution in [0.5, 0.6) is 0 Å². The topological polar surface area (TPSA) is 79.4 Å². The molecule has 33 heavy (non-hydrogen) atoms. The Morgan fingerprint density at radius 1 is 0.879 bits per heavy atom. The van der Waals surface area contributed by atoms with E-state index in [1.807, 2.05) is 49.4 Å². The molecule has 7 heteroatoms. The monoisotopic (exact) mass is 457 g/mol. The highest BCUT2D eigenvalue weighted by Gasteiger charge is 2.26. The molecule has 6 nitrogen and oxygen atoms in total. The maximum Gasteiger partial charge on any atom is 0.264 e. The molecule has 0 saturated carbocycles. The summed E-state index contributed by atoms with van der Waals surface area (Å²) in [6, 6.07) is 28.0. The van der Waals surface area contributed by atoms with Crippen molar-refractivity contribution in [1.82, 2.24) is 4.98 Å². The Bertz CT molecular complexity index is 1360. The van der Waals surface area contributed by atoms with E-state index in [9.17, 15) is 13.2 Å². The highest BCUT2D eigenvalue weighted by atomic mass is 32.2. The summed E-state index contributed by atoms with van der Waals surface area (Å²) in [4.78, 5) is 17.0. The third-order valence-electron chi connectivity index (χ3n) is 5.14. The Labute approximate surface area is 193 Å². The van der Waals surface area contributed by atoms with Gasteiger partial charge in [0.1, 0.15) is 5.82 Å². The van der Waals surface area contributed by atoms with E-state index >= 15 is 0 Å².